The lowest BCUT2D eigenvalue weighted by Gasteiger charge is -2.27. The first-order valence-corrected chi connectivity index (χ1v) is 5.57. The van der Waals surface area contributed by atoms with E-state index in [0.717, 1.165) is 10.8 Å². The number of anilines is 2. The van der Waals surface area contributed by atoms with Crippen molar-refractivity contribution in [3.05, 3.63) is 24.0 Å². The highest BCUT2D eigenvalue weighted by atomic mass is 16.5. The van der Waals surface area contributed by atoms with Crippen LogP contribution < -0.4 is 11.1 Å². The van der Waals surface area contributed by atoms with Gasteiger partial charge >= 0.3 is 0 Å². The maximum Gasteiger partial charge on any atom is 0.143 e. The Morgan fingerprint density at radius 3 is 2.94 bits per heavy atom. The van der Waals surface area contributed by atoms with Crippen LogP contribution in [0.1, 0.15) is 5.69 Å². The van der Waals surface area contributed by atoms with Gasteiger partial charge in [-0.15, -0.1) is 0 Å². The van der Waals surface area contributed by atoms with Crippen LogP contribution in [0.3, 0.4) is 0 Å². The van der Waals surface area contributed by atoms with Crippen LogP contribution in [0.2, 0.25) is 0 Å². The number of nitrogens with one attached hydrogen (secondary N) is 1. The van der Waals surface area contributed by atoms with Crippen LogP contribution in [0.5, 0.6) is 0 Å². The predicted octanol–water partition coefficient (Wildman–Crippen LogP) is 0.894. The maximum absolute atomic E-state index is 8.97. The topological polar surface area (TPSA) is 96.9 Å². The van der Waals surface area contributed by atoms with Gasteiger partial charge in [-0.1, -0.05) is 0 Å². The summed E-state index contributed by atoms with van der Waals surface area (Å²) in [6.45, 7) is 1.31. The van der Waals surface area contributed by atoms with E-state index in [4.69, 9.17) is 15.7 Å². The van der Waals surface area contributed by atoms with Crippen molar-refractivity contribution in [2.24, 2.45) is 0 Å². The van der Waals surface area contributed by atoms with Crippen molar-refractivity contribution in [1.82, 2.24) is 9.97 Å². The van der Waals surface area contributed by atoms with E-state index in [2.05, 4.69) is 15.3 Å². The van der Waals surface area contributed by atoms with E-state index in [1.54, 1.807) is 18.3 Å². The zero-order valence-electron chi connectivity index (χ0n) is 9.55. The third kappa shape index (κ3) is 1.81. The number of rotatable bonds is 2. The van der Waals surface area contributed by atoms with Gasteiger partial charge in [0.15, 0.2) is 0 Å². The zero-order chi connectivity index (χ0) is 12.5. The van der Waals surface area contributed by atoms with Crippen molar-refractivity contribution in [3.63, 3.8) is 0 Å². The van der Waals surface area contributed by atoms with E-state index < -0.39 is 0 Å². The number of pyridine rings is 2. The number of nitrogens with two attached hydrogens (primary N) is 1. The third-order valence-electron chi connectivity index (χ3n) is 2.83. The molecule has 2 aromatic heterocycles. The molecule has 90 valence electrons. The predicted molar refractivity (Wildman–Crippen MR) is 66.9 cm³/mol. The molecule has 0 radical (unpaired) electrons. The number of nitriles is 1. The molecular formula is C12H11N5O. The van der Waals surface area contributed by atoms with E-state index >= 15 is 0 Å². The molecule has 0 spiro atoms. The number of nitrogen functional groups attached to an aromatic ring is 1. The van der Waals surface area contributed by atoms with Gasteiger partial charge in [0, 0.05) is 17.0 Å². The molecule has 1 aliphatic rings. The molecule has 0 aromatic carbocycles. The monoisotopic (exact) mass is 241 g/mol. The van der Waals surface area contributed by atoms with E-state index in [9.17, 15) is 0 Å². The number of hydrogen-bond donors (Lipinski definition) is 2. The third-order valence-corrected chi connectivity index (χ3v) is 2.83. The lowest BCUT2D eigenvalue weighted by atomic mass is 10.1. The second-order valence-corrected chi connectivity index (χ2v) is 4.18. The van der Waals surface area contributed by atoms with Crippen molar-refractivity contribution in [2.45, 2.75) is 6.04 Å². The quantitative estimate of drug-likeness (QED) is 0.810. The summed E-state index contributed by atoms with van der Waals surface area (Å²) in [6.07, 6.45) is 1.65. The summed E-state index contributed by atoms with van der Waals surface area (Å²) in [6, 6.07) is 5.74. The highest BCUT2D eigenvalue weighted by molar-refractivity contribution is 5.93. The summed E-state index contributed by atoms with van der Waals surface area (Å²) < 4.78 is 5.11. The Balaban J connectivity index is 2.12. The molecule has 0 atom stereocenters. The molecule has 0 amide bonds. The van der Waals surface area contributed by atoms with Gasteiger partial charge in [0.1, 0.15) is 23.4 Å². The van der Waals surface area contributed by atoms with Gasteiger partial charge in [-0.3, -0.25) is 0 Å². The molecule has 0 saturated carbocycles. The fourth-order valence-corrected chi connectivity index (χ4v) is 1.84. The maximum atomic E-state index is 8.97. The van der Waals surface area contributed by atoms with Crippen molar-refractivity contribution in [2.75, 3.05) is 24.3 Å². The second-order valence-electron chi connectivity index (χ2n) is 4.18. The van der Waals surface area contributed by atoms with Crippen molar-refractivity contribution in [1.29, 1.82) is 5.26 Å². The average Bonchev–Trinajstić information content (AvgIpc) is 2.33. The van der Waals surface area contributed by atoms with Crippen LogP contribution >= 0.6 is 0 Å². The summed E-state index contributed by atoms with van der Waals surface area (Å²) in [4.78, 5) is 8.30. The Morgan fingerprint density at radius 2 is 2.28 bits per heavy atom. The molecule has 1 saturated heterocycles. The van der Waals surface area contributed by atoms with Gasteiger partial charge in [0.05, 0.1) is 19.3 Å². The fraction of sp³-hybridized carbons (Fsp3) is 0.250. The van der Waals surface area contributed by atoms with Crippen LogP contribution in [-0.4, -0.2) is 29.2 Å². The molecular weight excluding hydrogens is 230 g/mol. The molecule has 18 heavy (non-hydrogen) atoms. The molecule has 0 bridgehead atoms. The van der Waals surface area contributed by atoms with Crippen LogP contribution in [0, 0.1) is 11.3 Å². The molecule has 0 aliphatic carbocycles. The summed E-state index contributed by atoms with van der Waals surface area (Å²) >= 11 is 0. The number of fused-ring (bicyclic) bond motifs is 1. The molecule has 1 fully saturated rings. The molecule has 3 N–H and O–H groups in total. The van der Waals surface area contributed by atoms with Gasteiger partial charge in [-0.05, 0) is 12.1 Å². The number of aromatic nitrogens is 2. The van der Waals surface area contributed by atoms with Crippen molar-refractivity contribution >= 4 is 22.4 Å². The number of nitrogens with zero attached hydrogens (tertiary/aromatic N) is 3. The van der Waals surface area contributed by atoms with Crippen LogP contribution in [-0.2, 0) is 4.74 Å². The minimum absolute atomic E-state index is 0.240. The normalized spacial score (nSPS) is 15.1. The van der Waals surface area contributed by atoms with E-state index in [0.29, 0.717) is 30.5 Å². The molecule has 6 nitrogen and oxygen atoms in total. The van der Waals surface area contributed by atoms with E-state index in [-0.39, 0.29) is 6.04 Å². The molecule has 6 heteroatoms. The minimum atomic E-state index is 0.240. The Kier molecular flexibility index (Phi) is 2.46. The fourth-order valence-electron chi connectivity index (χ4n) is 1.84. The Hall–Kier alpha value is -2.39. The Bertz CT molecular complexity index is 645. The minimum Gasteiger partial charge on any atom is -0.384 e. The number of ether oxygens (including phenoxy) is 1. The largest absolute Gasteiger partial charge is 0.384 e. The first-order chi connectivity index (χ1) is 8.76. The van der Waals surface area contributed by atoms with Crippen LogP contribution in [0.15, 0.2) is 18.3 Å². The molecule has 0 unspecified atom stereocenters. The smallest absolute Gasteiger partial charge is 0.143 e. The van der Waals surface area contributed by atoms with Gasteiger partial charge < -0.3 is 15.8 Å². The van der Waals surface area contributed by atoms with Crippen LogP contribution in [0.4, 0.5) is 11.6 Å². The Labute approximate surface area is 103 Å². The van der Waals surface area contributed by atoms with Crippen LogP contribution in [0.25, 0.3) is 10.8 Å². The number of hydrogen-bond acceptors (Lipinski definition) is 6. The molecule has 2 aromatic rings. The molecule has 3 heterocycles. The standard InChI is InChI=1S/C12H11N5O/c13-3-8-1-7-4-15-11(14)2-10(7)12(16-8)17-9-5-18-6-9/h1-2,4,9H,5-6H2,(H2,14,15)(H,16,17). The van der Waals surface area contributed by atoms with Crippen molar-refractivity contribution < 1.29 is 4.74 Å². The van der Waals surface area contributed by atoms with Gasteiger partial charge in [0.2, 0.25) is 0 Å². The summed E-state index contributed by atoms with van der Waals surface area (Å²) in [5, 5.41) is 13.9. The first kappa shape index (κ1) is 10.7. The second kappa shape index (κ2) is 4.13. The highest BCUT2D eigenvalue weighted by Gasteiger charge is 2.19. The zero-order valence-corrected chi connectivity index (χ0v) is 9.55. The first-order valence-electron chi connectivity index (χ1n) is 5.57. The lowest BCUT2D eigenvalue weighted by molar-refractivity contribution is 0.0210. The van der Waals surface area contributed by atoms with Crippen molar-refractivity contribution in [3.8, 4) is 6.07 Å². The molecule has 1 aliphatic heterocycles. The average molecular weight is 241 g/mol. The summed E-state index contributed by atoms with van der Waals surface area (Å²) in [7, 11) is 0. The highest BCUT2D eigenvalue weighted by Crippen LogP contribution is 2.25. The van der Waals surface area contributed by atoms with E-state index in [1.807, 2.05) is 6.07 Å². The summed E-state index contributed by atoms with van der Waals surface area (Å²) in [5.41, 5.74) is 6.04. The summed E-state index contributed by atoms with van der Waals surface area (Å²) in [5.74, 6) is 1.09. The molecule has 3 rings (SSSR count). The SMILES string of the molecule is N#Cc1cc2cnc(N)cc2c(NC2COC2)n1. The van der Waals surface area contributed by atoms with Gasteiger partial charge in [-0.25, -0.2) is 9.97 Å². The van der Waals surface area contributed by atoms with E-state index in [1.165, 1.54) is 0 Å². The van der Waals surface area contributed by atoms with Gasteiger partial charge in [0.25, 0.3) is 0 Å². The Morgan fingerprint density at radius 1 is 1.44 bits per heavy atom. The van der Waals surface area contributed by atoms with Gasteiger partial charge in [-0.2, -0.15) is 5.26 Å². The lowest BCUT2D eigenvalue weighted by Crippen LogP contribution is -2.40.